The van der Waals surface area contributed by atoms with Gasteiger partial charge in [-0.15, -0.1) is 0 Å². The average Bonchev–Trinajstić information content (AvgIpc) is 2.13. The molecule has 0 rings (SSSR count). The van der Waals surface area contributed by atoms with Crippen LogP contribution in [0.25, 0.3) is 0 Å². The first-order valence-corrected chi connectivity index (χ1v) is 6.71. The topological polar surface area (TPSA) is 15.3 Å². The molecule has 1 N–H and O–H groups in total. The van der Waals surface area contributed by atoms with Gasteiger partial charge in [0, 0.05) is 18.1 Å². The summed E-state index contributed by atoms with van der Waals surface area (Å²) in [5.74, 6) is 0.801. The normalized spacial score (nSPS) is 14.8. The Morgan fingerprint density at radius 3 is 2.12 bits per heavy atom. The summed E-state index contributed by atoms with van der Waals surface area (Å²) in [6.45, 7) is 15.9. The van der Waals surface area contributed by atoms with Gasteiger partial charge in [0.25, 0.3) is 0 Å². The molecule has 0 fully saturated rings. The number of rotatable bonds is 7. The minimum Gasteiger partial charge on any atom is -0.311 e. The summed E-state index contributed by atoms with van der Waals surface area (Å²) in [5, 5.41) is 3.60. The van der Waals surface area contributed by atoms with Crippen molar-refractivity contribution in [1.29, 1.82) is 0 Å². The van der Waals surface area contributed by atoms with Crippen molar-refractivity contribution in [1.82, 2.24) is 10.2 Å². The molecule has 0 aliphatic carbocycles. The number of likely N-dealkylation sites (N-methyl/N-ethyl adjacent to an activating group) is 1. The summed E-state index contributed by atoms with van der Waals surface area (Å²) in [7, 11) is 2.25. The lowest BCUT2D eigenvalue weighted by molar-refractivity contribution is 0.206. The maximum Gasteiger partial charge on any atom is 0.0215 e. The standard InChI is InChI=1S/C14H32N2/c1-8-13(11-15-14(4,5)6)16(7)10-9-12(2)3/h12-13,15H,8-11H2,1-7H3. The fourth-order valence-electron chi connectivity index (χ4n) is 1.68. The van der Waals surface area contributed by atoms with Crippen molar-refractivity contribution in [3.8, 4) is 0 Å². The lowest BCUT2D eigenvalue weighted by Gasteiger charge is -2.31. The Hall–Kier alpha value is -0.0800. The van der Waals surface area contributed by atoms with E-state index in [4.69, 9.17) is 0 Å². The zero-order chi connectivity index (χ0) is 12.8. The first-order valence-electron chi connectivity index (χ1n) is 6.71. The molecule has 0 heterocycles. The van der Waals surface area contributed by atoms with E-state index in [0.29, 0.717) is 6.04 Å². The molecule has 2 nitrogen and oxygen atoms in total. The van der Waals surface area contributed by atoms with Crippen LogP contribution in [0.4, 0.5) is 0 Å². The molecular weight excluding hydrogens is 196 g/mol. The highest BCUT2D eigenvalue weighted by atomic mass is 15.2. The molecule has 1 atom stereocenters. The van der Waals surface area contributed by atoms with Gasteiger partial charge in [0.2, 0.25) is 0 Å². The van der Waals surface area contributed by atoms with Gasteiger partial charge in [-0.2, -0.15) is 0 Å². The molecule has 0 radical (unpaired) electrons. The molecule has 0 aliphatic heterocycles. The summed E-state index contributed by atoms with van der Waals surface area (Å²) in [4.78, 5) is 2.50. The predicted octanol–water partition coefficient (Wildman–Crippen LogP) is 3.13. The zero-order valence-electron chi connectivity index (χ0n) is 12.4. The van der Waals surface area contributed by atoms with E-state index in [9.17, 15) is 0 Å². The van der Waals surface area contributed by atoms with Crippen LogP contribution >= 0.6 is 0 Å². The molecule has 0 saturated heterocycles. The third kappa shape index (κ3) is 8.12. The maximum absolute atomic E-state index is 3.60. The first kappa shape index (κ1) is 15.9. The SMILES string of the molecule is CCC(CNC(C)(C)C)N(C)CCC(C)C. The van der Waals surface area contributed by atoms with E-state index in [1.54, 1.807) is 0 Å². The van der Waals surface area contributed by atoms with Crippen LogP contribution in [-0.4, -0.2) is 36.6 Å². The number of hydrogen-bond acceptors (Lipinski definition) is 2. The van der Waals surface area contributed by atoms with E-state index in [1.807, 2.05) is 0 Å². The van der Waals surface area contributed by atoms with Crippen molar-refractivity contribution in [3.63, 3.8) is 0 Å². The van der Waals surface area contributed by atoms with Gasteiger partial charge in [-0.25, -0.2) is 0 Å². The summed E-state index contributed by atoms with van der Waals surface area (Å²) in [6, 6.07) is 0.665. The Kier molecular flexibility index (Phi) is 7.25. The molecule has 0 aliphatic rings. The van der Waals surface area contributed by atoms with Crippen LogP contribution in [0.3, 0.4) is 0 Å². The minimum absolute atomic E-state index is 0.228. The molecule has 0 saturated carbocycles. The third-order valence-electron chi connectivity index (χ3n) is 3.02. The van der Waals surface area contributed by atoms with Gasteiger partial charge in [0.05, 0.1) is 0 Å². The molecule has 2 heteroatoms. The van der Waals surface area contributed by atoms with Gasteiger partial charge < -0.3 is 10.2 Å². The van der Waals surface area contributed by atoms with Crippen molar-refractivity contribution < 1.29 is 0 Å². The van der Waals surface area contributed by atoms with Crippen molar-refractivity contribution in [2.45, 2.75) is 66.0 Å². The molecule has 0 aromatic rings. The minimum atomic E-state index is 0.228. The Morgan fingerprint density at radius 2 is 1.75 bits per heavy atom. The van der Waals surface area contributed by atoms with Crippen molar-refractivity contribution in [3.05, 3.63) is 0 Å². The quantitative estimate of drug-likeness (QED) is 0.720. The average molecular weight is 228 g/mol. The van der Waals surface area contributed by atoms with Gasteiger partial charge in [-0.3, -0.25) is 0 Å². The third-order valence-corrected chi connectivity index (χ3v) is 3.02. The summed E-state index contributed by atoms with van der Waals surface area (Å²) in [6.07, 6.45) is 2.51. The fourth-order valence-corrected chi connectivity index (χ4v) is 1.68. The monoisotopic (exact) mass is 228 g/mol. The Labute approximate surface area is 103 Å². The molecule has 0 aromatic heterocycles. The number of nitrogens with zero attached hydrogens (tertiary/aromatic N) is 1. The number of hydrogen-bond donors (Lipinski definition) is 1. The van der Waals surface area contributed by atoms with Crippen LogP contribution in [0.15, 0.2) is 0 Å². The zero-order valence-corrected chi connectivity index (χ0v) is 12.4. The van der Waals surface area contributed by atoms with E-state index in [-0.39, 0.29) is 5.54 Å². The Morgan fingerprint density at radius 1 is 1.19 bits per heavy atom. The summed E-state index contributed by atoms with van der Waals surface area (Å²) < 4.78 is 0. The summed E-state index contributed by atoms with van der Waals surface area (Å²) >= 11 is 0. The van der Waals surface area contributed by atoms with Crippen LogP contribution < -0.4 is 5.32 Å². The van der Waals surface area contributed by atoms with Crippen molar-refractivity contribution >= 4 is 0 Å². The highest BCUT2D eigenvalue weighted by Gasteiger charge is 2.16. The van der Waals surface area contributed by atoms with E-state index in [0.717, 1.165) is 12.5 Å². The second-order valence-electron chi connectivity index (χ2n) is 6.36. The van der Waals surface area contributed by atoms with Gasteiger partial charge >= 0.3 is 0 Å². The Balaban J connectivity index is 3.97. The Bertz CT molecular complexity index is 170. The van der Waals surface area contributed by atoms with Gasteiger partial charge in [-0.1, -0.05) is 20.8 Å². The van der Waals surface area contributed by atoms with Gasteiger partial charge in [0.1, 0.15) is 0 Å². The van der Waals surface area contributed by atoms with Gasteiger partial charge in [-0.05, 0) is 53.1 Å². The molecule has 0 amide bonds. The lowest BCUT2D eigenvalue weighted by atomic mass is 10.1. The van der Waals surface area contributed by atoms with Crippen molar-refractivity contribution in [2.24, 2.45) is 5.92 Å². The molecule has 0 aromatic carbocycles. The van der Waals surface area contributed by atoms with Crippen LogP contribution in [0.1, 0.15) is 54.4 Å². The van der Waals surface area contributed by atoms with Crippen molar-refractivity contribution in [2.75, 3.05) is 20.1 Å². The second-order valence-corrected chi connectivity index (χ2v) is 6.36. The largest absolute Gasteiger partial charge is 0.311 e. The van der Waals surface area contributed by atoms with Crippen LogP contribution in [-0.2, 0) is 0 Å². The summed E-state index contributed by atoms with van der Waals surface area (Å²) in [5.41, 5.74) is 0.228. The maximum atomic E-state index is 3.60. The fraction of sp³-hybridized carbons (Fsp3) is 1.00. The first-order chi connectivity index (χ1) is 7.26. The predicted molar refractivity (Wildman–Crippen MR) is 73.9 cm³/mol. The highest BCUT2D eigenvalue weighted by Crippen LogP contribution is 2.07. The van der Waals surface area contributed by atoms with E-state index in [2.05, 4.69) is 58.8 Å². The van der Waals surface area contributed by atoms with E-state index >= 15 is 0 Å². The van der Waals surface area contributed by atoms with E-state index in [1.165, 1.54) is 19.4 Å². The molecule has 16 heavy (non-hydrogen) atoms. The smallest absolute Gasteiger partial charge is 0.0215 e. The number of nitrogens with one attached hydrogen (secondary N) is 1. The molecule has 0 spiro atoms. The van der Waals surface area contributed by atoms with Crippen LogP contribution in [0.5, 0.6) is 0 Å². The lowest BCUT2D eigenvalue weighted by Crippen LogP contribution is -2.46. The highest BCUT2D eigenvalue weighted by molar-refractivity contribution is 4.77. The van der Waals surface area contributed by atoms with E-state index < -0.39 is 0 Å². The molecular formula is C14H32N2. The molecule has 1 unspecified atom stereocenters. The van der Waals surface area contributed by atoms with Gasteiger partial charge in [0.15, 0.2) is 0 Å². The van der Waals surface area contributed by atoms with Crippen LogP contribution in [0.2, 0.25) is 0 Å². The molecule has 0 bridgehead atoms. The second kappa shape index (κ2) is 7.29. The molecule has 98 valence electrons. The van der Waals surface area contributed by atoms with Crippen LogP contribution in [0, 0.1) is 5.92 Å².